The maximum atomic E-state index is 13.1. The quantitative estimate of drug-likeness (QED) is 0.0243. The summed E-state index contributed by atoms with van der Waals surface area (Å²) in [5, 5.41) is 14.2. The molecule has 0 saturated heterocycles. The van der Waals surface area contributed by atoms with E-state index < -0.39 is 20.0 Å². The third-order valence-corrected chi connectivity index (χ3v) is 18.5. The number of rotatable bonds is 70. The van der Waals surface area contributed by atoms with Crippen molar-refractivity contribution in [2.24, 2.45) is 0 Å². The molecule has 0 aromatic carbocycles. The van der Waals surface area contributed by atoms with Crippen LogP contribution in [0.5, 0.6) is 0 Å². The normalized spacial score (nSPS) is 13.6. The van der Waals surface area contributed by atoms with Gasteiger partial charge in [-0.15, -0.1) is 0 Å². The Balaban J connectivity index is 3.87. The first kappa shape index (κ1) is 81.2. The first-order valence-electron chi connectivity index (χ1n) is 37.1. The summed E-state index contributed by atoms with van der Waals surface area (Å²) in [6.45, 7) is 4.96. The Kier molecular flexibility index (Phi) is 64.1. The molecule has 1 amide bonds. The molecule has 9 heteroatoms. The molecule has 0 heterocycles. The van der Waals surface area contributed by atoms with E-state index in [1.165, 1.54) is 334 Å². The molecule has 0 aromatic heterocycles. The van der Waals surface area contributed by atoms with E-state index in [1.807, 2.05) is 21.1 Å². The number of phosphoric acid groups is 1. The summed E-state index contributed by atoms with van der Waals surface area (Å²) in [7, 11) is 1.64. The molecule has 0 aliphatic carbocycles. The van der Waals surface area contributed by atoms with Gasteiger partial charge in [-0.25, -0.2) is 4.57 Å². The number of hydrogen-bond donors (Lipinski definition) is 3. The molecule has 0 fully saturated rings. The third-order valence-electron chi connectivity index (χ3n) is 17.5. The zero-order valence-electron chi connectivity index (χ0n) is 56.3. The largest absolute Gasteiger partial charge is 0.472 e. The molecule has 0 aliphatic heterocycles. The van der Waals surface area contributed by atoms with Crippen LogP contribution in [-0.4, -0.2) is 73.4 Å². The number of unbranched alkanes of at least 4 members (excludes halogenated alkanes) is 55. The number of nitrogens with one attached hydrogen (secondary N) is 1. The Labute approximate surface area is 513 Å². The second kappa shape index (κ2) is 64.7. The van der Waals surface area contributed by atoms with Gasteiger partial charge in [0.1, 0.15) is 13.2 Å². The predicted molar refractivity (Wildman–Crippen MR) is 360 cm³/mol. The molecule has 490 valence electrons. The van der Waals surface area contributed by atoms with Crippen molar-refractivity contribution in [3.8, 4) is 0 Å². The molecule has 82 heavy (non-hydrogen) atoms. The number of likely N-dealkylation sites (N-methyl/N-ethyl adjacent to an activating group) is 1. The molecular formula is C73H148N2O6P+. The Hall–Kier alpha value is -0.760. The van der Waals surface area contributed by atoms with Gasteiger partial charge in [-0.1, -0.05) is 366 Å². The van der Waals surface area contributed by atoms with E-state index in [9.17, 15) is 19.4 Å². The SMILES string of the molecule is CCCCCCCCCC/C=C\CCCCCCCCCCCCCCCCCCCCCCCCCCCCCC(=O)NC(COP(=O)(O)OCC[N+](C)(C)C)C(O)CCCCCCCCCCCCCCCCCCCCCCC. The van der Waals surface area contributed by atoms with Gasteiger partial charge in [0.25, 0.3) is 0 Å². The van der Waals surface area contributed by atoms with Gasteiger partial charge < -0.3 is 19.8 Å². The van der Waals surface area contributed by atoms with E-state index in [2.05, 4.69) is 31.3 Å². The number of aliphatic hydroxyl groups excluding tert-OH is 1. The molecule has 8 nitrogen and oxygen atoms in total. The highest BCUT2D eigenvalue weighted by molar-refractivity contribution is 7.47. The minimum atomic E-state index is -4.33. The number of hydrogen-bond acceptors (Lipinski definition) is 5. The fraction of sp³-hybridized carbons (Fsp3) is 0.959. The van der Waals surface area contributed by atoms with Crippen LogP contribution in [0.2, 0.25) is 0 Å². The van der Waals surface area contributed by atoms with Crippen LogP contribution in [0.3, 0.4) is 0 Å². The average Bonchev–Trinajstić information content (AvgIpc) is 3.46. The van der Waals surface area contributed by atoms with Crippen LogP contribution >= 0.6 is 7.82 Å². The topological polar surface area (TPSA) is 105 Å². The fourth-order valence-electron chi connectivity index (χ4n) is 11.8. The molecule has 3 atom stereocenters. The zero-order chi connectivity index (χ0) is 59.8. The molecule has 0 saturated carbocycles. The van der Waals surface area contributed by atoms with Gasteiger partial charge >= 0.3 is 7.82 Å². The maximum absolute atomic E-state index is 13.1. The van der Waals surface area contributed by atoms with Crippen molar-refractivity contribution < 1.29 is 32.9 Å². The maximum Gasteiger partial charge on any atom is 0.472 e. The molecule has 0 bridgehead atoms. The Morgan fingerprint density at radius 2 is 0.659 bits per heavy atom. The molecule has 3 N–H and O–H groups in total. The number of aliphatic hydroxyl groups is 1. The summed E-state index contributed by atoms with van der Waals surface area (Å²) in [4.78, 5) is 23.5. The van der Waals surface area contributed by atoms with Crippen LogP contribution in [0.25, 0.3) is 0 Å². The van der Waals surface area contributed by atoms with Crippen LogP contribution < -0.4 is 5.32 Å². The van der Waals surface area contributed by atoms with Gasteiger partial charge in [0.2, 0.25) is 5.91 Å². The van der Waals surface area contributed by atoms with Crippen molar-refractivity contribution >= 4 is 13.7 Å². The predicted octanol–water partition coefficient (Wildman–Crippen LogP) is 23.7. The van der Waals surface area contributed by atoms with E-state index in [-0.39, 0.29) is 19.1 Å². The van der Waals surface area contributed by atoms with Gasteiger partial charge in [0, 0.05) is 6.42 Å². The lowest BCUT2D eigenvalue weighted by atomic mass is 10.0. The summed E-state index contributed by atoms with van der Waals surface area (Å²) in [6.07, 6.45) is 83.4. The second-order valence-corrected chi connectivity index (χ2v) is 28.5. The van der Waals surface area contributed by atoms with Gasteiger partial charge in [-0.05, 0) is 38.5 Å². The van der Waals surface area contributed by atoms with E-state index in [0.717, 1.165) is 38.5 Å². The number of phosphoric ester groups is 1. The minimum absolute atomic E-state index is 0.0788. The highest BCUT2D eigenvalue weighted by Gasteiger charge is 2.28. The van der Waals surface area contributed by atoms with Gasteiger partial charge in [-0.3, -0.25) is 13.8 Å². The third kappa shape index (κ3) is 66.8. The van der Waals surface area contributed by atoms with E-state index in [1.54, 1.807) is 0 Å². The second-order valence-electron chi connectivity index (χ2n) is 27.0. The van der Waals surface area contributed by atoms with E-state index >= 15 is 0 Å². The van der Waals surface area contributed by atoms with E-state index in [4.69, 9.17) is 9.05 Å². The summed E-state index contributed by atoms with van der Waals surface area (Å²) >= 11 is 0. The standard InChI is InChI=1S/C73H147N2O6P/c1-6-8-10-12-14-16-18-20-22-24-26-28-29-30-31-32-33-34-35-36-37-38-39-40-41-42-43-44-45-47-49-51-53-55-57-59-61-63-65-67-73(77)74-71(70-81-82(78,79)80-69-68-75(3,4)5)72(76)66-64-62-60-58-56-54-52-50-48-46-27-25-23-21-19-17-15-13-11-9-7-2/h24,26,71-72,76H,6-23,25,27-70H2,1-5H3,(H-,74,77,78,79)/p+1/b26-24-. The van der Waals surface area contributed by atoms with Gasteiger partial charge in [0.05, 0.1) is 39.9 Å². The first-order chi connectivity index (χ1) is 40.0. The lowest BCUT2D eigenvalue weighted by molar-refractivity contribution is -0.870. The van der Waals surface area contributed by atoms with Crippen molar-refractivity contribution in [2.75, 3.05) is 40.9 Å². The number of allylic oxidation sites excluding steroid dienone is 2. The monoisotopic (exact) mass is 1180 g/mol. The number of nitrogens with zero attached hydrogens (tertiary/aromatic N) is 1. The smallest absolute Gasteiger partial charge is 0.391 e. The molecule has 0 spiro atoms. The van der Waals surface area contributed by atoms with Crippen LogP contribution in [0.15, 0.2) is 12.2 Å². The van der Waals surface area contributed by atoms with Crippen LogP contribution in [0.4, 0.5) is 0 Å². The van der Waals surface area contributed by atoms with Crippen molar-refractivity contribution in [1.82, 2.24) is 5.32 Å². The van der Waals surface area contributed by atoms with Crippen molar-refractivity contribution in [3.05, 3.63) is 12.2 Å². The van der Waals surface area contributed by atoms with Crippen LogP contribution in [0.1, 0.15) is 399 Å². The van der Waals surface area contributed by atoms with Crippen molar-refractivity contribution in [2.45, 2.75) is 411 Å². The Bertz CT molecular complexity index is 1340. The molecule has 0 rings (SSSR count). The Morgan fingerprint density at radius 3 is 0.939 bits per heavy atom. The number of quaternary nitrogens is 1. The average molecular weight is 1180 g/mol. The van der Waals surface area contributed by atoms with Crippen LogP contribution in [-0.2, 0) is 18.4 Å². The highest BCUT2D eigenvalue weighted by atomic mass is 31.2. The molecule has 3 unspecified atom stereocenters. The van der Waals surface area contributed by atoms with Crippen molar-refractivity contribution in [1.29, 1.82) is 0 Å². The fourth-order valence-corrected chi connectivity index (χ4v) is 12.5. The number of amides is 1. The zero-order valence-corrected chi connectivity index (χ0v) is 57.2. The molecular weight excluding hydrogens is 1030 g/mol. The lowest BCUT2D eigenvalue weighted by Gasteiger charge is -2.26. The van der Waals surface area contributed by atoms with Gasteiger partial charge in [0.15, 0.2) is 0 Å². The molecule has 0 radical (unpaired) electrons. The van der Waals surface area contributed by atoms with E-state index in [0.29, 0.717) is 23.9 Å². The number of carbonyl (C=O) groups excluding carboxylic acids is 1. The summed E-state index contributed by atoms with van der Waals surface area (Å²) in [5.41, 5.74) is 0. The summed E-state index contributed by atoms with van der Waals surface area (Å²) in [6, 6.07) is -0.758. The molecule has 0 aromatic rings. The summed E-state index contributed by atoms with van der Waals surface area (Å²) < 4.78 is 23.9. The lowest BCUT2D eigenvalue weighted by Crippen LogP contribution is -2.46. The minimum Gasteiger partial charge on any atom is -0.391 e. The van der Waals surface area contributed by atoms with Gasteiger partial charge in [-0.2, -0.15) is 0 Å². The number of carbonyl (C=O) groups is 1. The summed E-state index contributed by atoms with van der Waals surface area (Å²) in [5.74, 6) is -0.134. The van der Waals surface area contributed by atoms with Crippen molar-refractivity contribution in [3.63, 3.8) is 0 Å². The Morgan fingerprint density at radius 1 is 0.402 bits per heavy atom. The first-order valence-corrected chi connectivity index (χ1v) is 38.5. The highest BCUT2D eigenvalue weighted by Crippen LogP contribution is 2.43. The van der Waals surface area contributed by atoms with Crippen LogP contribution in [0, 0.1) is 0 Å². The molecule has 0 aliphatic rings.